The van der Waals surface area contributed by atoms with Gasteiger partial charge in [-0.2, -0.15) is 5.10 Å². The molecule has 1 unspecified atom stereocenters. The zero-order valence-electron chi connectivity index (χ0n) is 12.5. The topological polar surface area (TPSA) is 71.0 Å². The summed E-state index contributed by atoms with van der Waals surface area (Å²) in [7, 11) is 0. The summed E-state index contributed by atoms with van der Waals surface area (Å²) in [5.74, 6) is 0.0625. The van der Waals surface area contributed by atoms with E-state index in [0.717, 1.165) is 16.3 Å². The zero-order valence-corrected chi connectivity index (χ0v) is 12.5. The van der Waals surface area contributed by atoms with Crippen molar-refractivity contribution in [2.75, 3.05) is 0 Å². The maximum atomic E-state index is 10.3. The largest absolute Gasteiger partial charge is 0.383 e. The van der Waals surface area contributed by atoms with Gasteiger partial charge in [-0.05, 0) is 28.0 Å². The quantitative estimate of drug-likeness (QED) is 0.441. The van der Waals surface area contributed by atoms with E-state index >= 15 is 0 Å². The predicted octanol–water partition coefficient (Wildman–Crippen LogP) is 3.26. The van der Waals surface area contributed by atoms with Crippen molar-refractivity contribution in [1.82, 2.24) is 0 Å². The van der Waals surface area contributed by atoms with Gasteiger partial charge in [0, 0.05) is 0 Å². The maximum absolute atomic E-state index is 10.3. The Balaban J connectivity index is 1.78. The van der Waals surface area contributed by atoms with E-state index in [0.29, 0.717) is 5.56 Å². The minimum absolute atomic E-state index is 0.0625. The van der Waals surface area contributed by atoms with Crippen LogP contribution < -0.4 is 5.73 Å². The molecule has 3 N–H and O–H groups in total. The minimum atomic E-state index is -0.979. The van der Waals surface area contributed by atoms with Gasteiger partial charge >= 0.3 is 0 Å². The van der Waals surface area contributed by atoms with Crippen molar-refractivity contribution in [3.05, 3.63) is 83.9 Å². The highest BCUT2D eigenvalue weighted by molar-refractivity contribution is 5.89. The lowest BCUT2D eigenvalue weighted by molar-refractivity contribution is 0.246. The molecule has 4 nitrogen and oxygen atoms in total. The summed E-state index contributed by atoms with van der Waals surface area (Å²) in [6, 6.07) is 23.2. The van der Waals surface area contributed by atoms with Gasteiger partial charge < -0.3 is 10.8 Å². The Morgan fingerprint density at radius 1 is 0.913 bits per heavy atom. The highest BCUT2D eigenvalue weighted by Gasteiger charge is 2.12. The molecule has 4 heteroatoms. The fourth-order valence-corrected chi connectivity index (χ4v) is 2.30. The van der Waals surface area contributed by atoms with Gasteiger partial charge in [-0.3, -0.25) is 0 Å². The molecule has 0 aliphatic heterocycles. The van der Waals surface area contributed by atoms with E-state index in [1.165, 1.54) is 0 Å². The molecule has 114 valence electrons. The first-order valence-corrected chi connectivity index (χ1v) is 7.32. The van der Waals surface area contributed by atoms with Crippen molar-refractivity contribution in [2.24, 2.45) is 15.9 Å². The average molecular weight is 303 g/mol. The first-order chi connectivity index (χ1) is 11.2. The Morgan fingerprint density at radius 2 is 1.61 bits per heavy atom. The van der Waals surface area contributed by atoms with Crippen LogP contribution in [0, 0.1) is 0 Å². The van der Waals surface area contributed by atoms with Crippen LogP contribution in [0.4, 0.5) is 0 Å². The molecule has 0 fully saturated rings. The molecule has 3 aromatic carbocycles. The van der Waals surface area contributed by atoms with Crippen LogP contribution in [0.25, 0.3) is 10.8 Å². The standard InChI is InChI=1S/C19H17N3O/c20-19(22-21-13-14-6-2-1-3-7-14)18(23)17-11-10-15-8-4-5-9-16(15)12-17/h1-13,18,23H,(H2,20,22)/b21-13+. The fraction of sp³-hybridized carbons (Fsp3) is 0.0526. The molecule has 3 rings (SSSR count). The summed E-state index contributed by atoms with van der Waals surface area (Å²) >= 11 is 0. The summed E-state index contributed by atoms with van der Waals surface area (Å²) in [6.07, 6.45) is 0.618. The van der Waals surface area contributed by atoms with Crippen LogP contribution in [0.2, 0.25) is 0 Å². The number of aliphatic hydroxyl groups is 1. The number of hydrogen-bond donors (Lipinski definition) is 2. The van der Waals surface area contributed by atoms with E-state index in [1.54, 1.807) is 6.21 Å². The summed E-state index contributed by atoms with van der Waals surface area (Å²) in [6.45, 7) is 0. The van der Waals surface area contributed by atoms with Crippen molar-refractivity contribution >= 4 is 22.8 Å². The number of aliphatic hydroxyl groups excluding tert-OH is 1. The van der Waals surface area contributed by atoms with Gasteiger partial charge in [0.15, 0.2) is 5.84 Å². The molecule has 23 heavy (non-hydrogen) atoms. The summed E-state index contributed by atoms with van der Waals surface area (Å²) in [5, 5.41) is 20.3. The Kier molecular flexibility index (Phi) is 4.45. The lowest BCUT2D eigenvalue weighted by atomic mass is 10.0. The van der Waals surface area contributed by atoms with Crippen LogP contribution in [0.5, 0.6) is 0 Å². The smallest absolute Gasteiger partial charge is 0.155 e. The van der Waals surface area contributed by atoms with Crippen LogP contribution in [0.15, 0.2) is 83.0 Å². The third kappa shape index (κ3) is 3.62. The first kappa shape index (κ1) is 14.9. The second-order valence-corrected chi connectivity index (χ2v) is 5.19. The highest BCUT2D eigenvalue weighted by Crippen LogP contribution is 2.20. The third-order valence-corrected chi connectivity index (χ3v) is 3.55. The normalized spacial score (nSPS) is 13.5. The maximum Gasteiger partial charge on any atom is 0.155 e. The number of hydrogen-bond acceptors (Lipinski definition) is 3. The zero-order chi connectivity index (χ0) is 16.1. The number of amidine groups is 1. The van der Waals surface area contributed by atoms with Crippen molar-refractivity contribution in [2.45, 2.75) is 6.10 Å². The van der Waals surface area contributed by atoms with Gasteiger partial charge in [-0.1, -0.05) is 66.7 Å². The Hall–Kier alpha value is -2.98. The molecule has 0 heterocycles. The average Bonchev–Trinajstić information content (AvgIpc) is 2.61. The van der Waals surface area contributed by atoms with Gasteiger partial charge in [0.25, 0.3) is 0 Å². The lowest BCUT2D eigenvalue weighted by Gasteiger charge is -2.10. The molecule has 0 aromatic heterocycles. The van der Waals surface area contributed by atoms with E-state index in [1.807, 2.05) is 72.8 Å². The van der Waals surface area contributed by atoms with Crippen molar-refractivity contribution < 1.29 is 5.11 Å². The van der Waals surface area contributed by atoms with E-state index in [4.69, 9.17) is 5.73 Å². The van der Waals surface area contributed by atoms with Crippen molar-refractivity contribution in [3.63, 3.8) is 0 Å². The molecule has 0 aliphatic rings. The second kappa shape index (κ2) is 6.85. The van der Waals surface area contributed by atoms with Crippen molar-refractivity contribution in [3.8, 4) is 0 Å². The Labute approximate surface area is 134 Å². The summed E-state index contributed by atoms with van der Waals surface area (Å²) in [4.78, 5) is 0. The van der Waals surface area contributed by atoms with E-state index in [2.05, 4.69) is 10.2 Å². The molecule has 0 radical (unpaired) electrons. The van der Waals surface area contributed by atoms with Gasteiger partial charge in [0.05, 0.1) is 6.21 Å². The molecule has 0 saturated heterocycles. The predicted molar refractivity (Wildman–Crippen MR) is 94.6 cm³/mol. The lowest BCUT2D eigenvalue weighted by Crippen LogP contribution is -2.21. The molecule has 0 spiro atoms. The molecule has 0 amide bonds. The first-order valence-electron chi connectivity index (χ1n) is 7.32. The molecule has 0 bridgehead atoms. The van der Waals surface area contributed by atoms with Crippen LogP contribution in [0.1, 0.15) is 17.2 Å². The summed E-state index contributed by atoms with van der Waals surface area (Å²) in [5.41, 5.74) is 7.46. The number of nitrogens with zero attached hydrogens (tertiary/aromatic N) is 2. The molecule has 0 saturated carbocycles. The molecule has 3 aromatic rings. The third-order valence-electron chi connectivity index (χ3n) is 3.55. The number of fused-ring (bicyclic) bond motifs is 1. The number of benzene rings is 3. The van der Waals surface area contributed by atoms with E-state index in [9.17, 15) is 5.11 Å². The van der Waals surface area contributed by atoms with E-state index in [-0.39, 0.29) is 5.84 Å². The van der Waals surface area contributed by atoms with Gasteiger partial charge in [0.1, 0.15) is 6.10 Å². The number of rotatable bonds is 4. The van der Waals surface area contributed by atoms with Crippen LogP contribution in [-0.2, 0) is 0 Å². The van der Waals surface area contributed by atoms with Crippen LogP contribution in [-0.4, -0.2) is 17.2 Å². The molecule has 1 atom stereocenters. The second-order valence-electron chi connectivity index (χ2n) is 5.19. The molecular formula is C19H17N3O. The fourth-order valence-electron chi connectivity index (χ4n) is 2.30. The van der Waals surface area contributed by atoms with Gasteiger partial charge in [-0.15, -0.1) is 5.10 Å². The van der Waals surface area contributed by atoms with Crippen molar-refractivity contribution in [1.29, 1.82) is 0 Å². The van der Waals surface area contributed by atoms with Crippen LogP contribution in [0.3, 0.4) is 0 Å². The van der Waals surface area contributed by atoms with Gasteiger partial charge in [0.2, 0.25) is 0 Å². The summed E-state index contributed by atoms with van der Waals surface area (Å²) < 4.78 is 0. The molecular weight excluding hydrogens is 286 g/mol. The number of nitrogens with two attached hydrogens (primary N) is 1. The Bertz CT molecular complexity index is 857. The molecule has 0 aliphatic carbocycles. The minimum Gasteiger partial charge on any atom is -0.383 e. The van der Waals surface area contributed by atoms with Crippen LogP contribution >= 0.6 is 0 Å². The SMILES string of the molecule is N/C(=N\N=C\c1ccccc1)C(O)c1ccc2ccccc2c1. The Morgan fingerprint density at radius 3 is 2.39 bits per heavy atom. The van der Waals surface area contributed by atoms with E-state index < -0.39 is 6.10 Å². The highest BCUT2D eigenvalue weighted by atomic mass is 16.3. The van der Waals surface area contributed by atoms with Gasteiger partial charge in [-0.25, -0.2) is 0 Å². The monoisotopic (exact) mass is 303 g/mol.